The van der Waals surface area contributed by atoms with Gasteiger partial charge in [0.2, 0.25) is 0 Å². The van der Waals surface area contributed by atoms with Crippen LogP contribution in [0.15, 0.2) is 10.9 Å². The molecule has 6 nitrogen and oxygen atoms in total. The highest BCUT2D eigenvalue weighted by Crippen LogP contribution is 2.62. The van der Waals surface area contributed by atoms with Crippen LogP contribution in [-0.2, 0) is 29.0 Å². The number of carbonyl (C=O) groups is 1. The number of ether oxygens (including phenoxy) is 1. The van der Waals surface area contributed by atoms with Gasteiger partial charge in [-0.2, -0.15) is 0 Å². The SMILES string of the molecule is O=C(OCc1cc(=O)n2c3c(sc2n1)CCCC3)C12C[C@@H]3C[C@@H](CC(O)(C3)C1)C2. The Labute approximate surface area is 172 Å². The first-order chi connectivity index (χ1) is 13.9. The van der Waals surface area contributed by atoms with Gasteiger partial charge < -0.3 is 9.84 Å². The van der Waals surface area contributed by atoms with E-state index in [2.05, 4.69) is 4.98 Å². The number of hydrogen-bond donors (Lipinski definition) is 1. The van der Waals surface area contributed by atoms with Gasteiger partial charge in [-0.1, -0.05) is 0 Å². The van der Waals surface area contributed by atoms with Crippen molar-refractivity contribution < 1.29 is 14.6 Å². The molecule has 0 aromatic carbocycles. The van der Waals surface area contributed by atoms with Gasteiger partial charge in [0, 0.05) is 16.6 Å². The molecule has 29 heavy (non-hydrogen) atoms. The van der Waals surface area contributed by atoms with Crippen LogP contribution in [0.3, 0.4) is 0 Å². The summed E-state index contributed by atoms with van der Waals surface area (Å²) in [6.07, 6.45) is 9.20. The molecule has 0 aliphatic heterocycles. The van der Waals surface area contributed by atoms with Crippen LogP contribution in [0, 0.1) is 17.3 Å². The van der Waals surface area contributed by atoms with E-state index < -0.39 is 11.0 Å². The molecule has 0 saturated heterocycles. The molecule has 154 valence electrons. The van der Waals surface area contributed by atoms with Crippen molar-refractivity contribution in [2.75, 3.05) is 0 Å². The molecule has 2 aromatic heterocycles. The molecule has 7 heteroatoms. The molecular weight excluding hydrogens is 388 g/mol. The maximum absolute atomic E-state index is 13.1. The number of aliphatic hydroxyl groups is 1. The summed E-state index contributed by atoms with van der Waals surface area (Å²) in [4.78, 5) is 32.4. The maximum Gasteiger partial charge on any atom is 0.312 e. The van der Waals surface area contributed by atoms with E-state index in [9.17, 15) is 14.7 Å². The van der Waals surface area contributed by atoms with Gasteiger partial charge in [0.05, 0.1) is 16.7 Å². The Balaban J connectivity index is 1.24. The van der Waals surface area contributed by atoms with Crippen LogP contribution in [0.2, 0.25) is 0 Å². The lowest BCUT2D eigenvalue weighted by atomic mass is 9.48. The molecule has 2 aromatic rings. The molecule has 7 rings (SSSR count). The minimum atomic E-state index is -0.685. The lowest BCUT2D eigenvalue weighted by Gasteiger charge is -2.58. The van der Waals surface area contributed by atoms with Gasteiger partial charge in [0.25, 0.3) is 5.56 Å². The minimum Gasteiger partial charge on any atom is -0.459 e. The van der Waals surface area contributed by atoms with Crippen LogP contribution in [0.4, 0.5) is 0 Å². The second-order valence-corrected chi connectivity index (χ2v) is 11.0. The van der Waals surface area contributed by atoms with Crippen LogP contribution >= 0.6 is 11.3 Å². The lowest BCUT2D eigenvalue weighted by Crippen LogP contribution is -2.58. The fraction of sp³-hybridized carbons (Fsp3) is 0.682. The number of esters is 1. The molecule has 1 N–H and O–H groups in total. The van der Waals surface area contributed by atoms with Gasteiger partial charge >= 0.3 is 5.97 Å². The van der Waals surface area contributed by atoms with E-state index in [0.717, 1.165) is 63.5 Å². The maximum atomic E-state index is 13.1. The molecule has 2 heterocycles. The number of nitrogens with zero attached hydrogens (tertiary/aromatic N) is 2. The molecule has 0 radical (unpaired) electrons. The molecule has 4 fully saturated rings. The Morgan fingerprint density at radius 3 is 2.76 bits per heavy atom. The molecule has 5 aliphatic carbocycles. The number of thiazole rings is 1. The zero-order valence-electron chi connectivity index (χ0n) is 16.5. The Morgan fingerprint density at radius 1 is 1.24 bits per heavy atom. The van der Waals surface area contributed by atoms with Gasteiger partial charge in [0.1, 0.15) is 6.61 Å². The summed E-state index contributed by atoms with van der Waals surface area (Å²) in [7, 11) is 0. The van der Waals surface area contributed by atoms with Crippen molar-refractivity contribution in [1.29, 1.82) is 0 Å². The monoisotopic (exact) mass is 414 g/mol. The van der Waals surface area contributed by atoms with Crippen molar-refractivity contribution in [3.8, 4) is 0 Å². The first-order valence-corrected chi connectivity index (χ1v) is 11.7. The number of hydrogen-bond acceptors (Lipinski definition) is 6. The Kier molecular flexibility index (Phi) is 3.83. The molecular formula is C22H26N2O4S. The normalized spacial score (nSPS) is 35.1. The van der Waals surface area contributed by atoms with Crippen LogP contribution in [0.25, 0.3) is 4.96 Å². The standard InChI is InChI=1S/C22H26N2O4S/c25-18-6-15(23-20-24(18)16-3-1-2-4-17(16)29-20)11-28-19(26)21-7-13-5-14(8-21)10-22(27,9-13)12-21/h6,13-14,27H,1-5,7-12H2/t13-,14+,21?,22?. The van der Waals surface area contributed by atoms with E-state index in [0.29, 0.717) is 28.9 Å². The predicted molar refractivity (Wildman–Crippen MR) is 108 cm³/mol. The van der Waals surface area contributed by atoms with Gasteiger partial charge in [-0.15, -0.1) is 11.3 Å². The minimum absolute atomic E-state index is 0.0304. The zero-order chi connectivity index (χ0) is 19.8. The molecule has 4 saturated carbocycles. The van der Waals surface area contributed by atoms with Crippen LogP contribution in [0.5, 0.6) is 0 Å². The summed E-state index contributed by atoms with van der Waals surface area (Å²) in [6.45, 7) is 0.0304. The first-order valence-electron chi connectivity index (χ1n) is 10.9. The topological polar surface area (TPSA) is 80.9 Å². The highest BCUT2D eigenvalue weighted by Gasteiger charge is 2.60. The van der Waals surface area contributed by atoms with Gasteiger partial charge in [-0.3, -0.25) is 14.0 Å². The largest absolute Gasteiger partial charge is 0.459 e. The molecule has 4 bridgehead atoms. The highest BCUT2D eigenvalue weighted by molar-refractivity contribution is 7.17. The summed E-state index contributed by atoms with van der Waals surface area (Å²) in [5, 5.41) is 10.9. The van der Waals surface area contributed by atoms with Crippen molar-refractivity contribution in [2.24, 2.45) is 17.3 Å². The van der Waals surface area contributed by atoms with Gasteiger partial charge in [-0.05, 0) is 76.0 Å². The smallest absolute Gasteiger partial charge is 0.312 e. The number of carbonyl (C=O) groups excluding carboxylic acids is 1. The number of rotatable bonds is 3. The van der Waals surface area contributed by atoms with E-state index >= 15 is 0 Å². The van der Waals surface area contributed by atoms with Crippen molar-refractivity contribution in [3.63, 3.8) is 0 Å². The summed E-state index contributed by atoms with van der Waals surface area (Å²) >= 11 is 1.59. The summed E-state index contributed by atoms with van der Waals surface area (Å²) in [5.74, 6) is 0.660. The lowest BCUT2D eigenvalue weighted by molar-refractivity contribution is -0.197. The highest BCUT2D eigenvalue weighted by atomic mass is 32.1. The quantitative estimate of drug-likeness (QED) is 0.781. The Morgan fingerprint density at radius 2 is 2.00 bits per heavy atom. The second-order valence-electron chi connectivity index (χ2n) is 9.92. The van der Waals surface area contributed by atoms with Gasteiger partial charge in [-0.25, -0.2) is 4.98 Å². The number of fused-ring (bicyclic) bond motifs is 3. The molecule has 2 unspecified atom stereocenters. The summed E-state index contributed by atoms with van der Waals surface area (Å²) < 4.78 is 7.44. The van der Waals surface area contributed by atoms with Crippen LogP contribution in [-0.4, -0.2) is 26.1 Å². The van der Waals surface area contributed by atoms with E-state index in [1.807, 2.05) is 0 Å². The Bertz CT molecular complexity index is 1060. The summed E-state index contributed by atoms with van der Waals surface area (Å²) in [6, 6.07) is 1.51. The summed E-state index contributed by atoms with van der Waals surface area (Å²) in [5.41, 5.74) is 0.323. The second kappa shape index (κ2) is 6.14. The van der Waals surface area contributed by atoms with Crippen molar-refractivity contribution in [3.05, 3.63) is 32.7 Å². The van der Waals surface area contributed by atoms with E-state index in [1.165, 1.54) is 10.9 Å². The zero-order valence-corrected chi connectivity index (χ0v) is 17.3. The molecule has 5 aliphatic rings. The molecule has 4 atom stereocenters. The van der Waals surface area contributed by atoms with Gasteiger partial charge in [0.15, 0.2) is 4.96 Å². The number of aromatic nitrogens is 2. The number of aryl methyl sites for hydroxylation is 2. The molecule has 0 amide bonds. The van der Waals surface area contributed by atoms with E-state index in [-0.39, 0.29) is 18.1 Å². The van der Waals surface area contributed by atoms with E-state index in [1.54, 1.807) is 15.7 Å². The Hall–Kier alpha value is -1.73. The van der Waals surface area contributed by atoms with E-state index in [4.69, 9.17) is 4.74 Å². The average Bonchev–Trinajstić information content (AvgIpc) is 3.03. The first kappa shape index (κ1) is 18.1. The van der Waals surface area contributed by atoms with Crippen LogP contribution < -0.4 is 5.56 Å². The van der Waals surface area contributed by atoms with Crippen molar-refractivity contribution >= 4 is 22.3 Å². The van der Waals surface area contributed by atoms with Crippen LogP contribution in [0.1, 0.15) is 67.6 Å². The third kappa shape index (κ3) is 2.81. The average molecular weight is 415 g/mol. The van der Waals surface area contributed by atoms with Crippen molar-refractivity contribution in [1.82, 2.24) is 9.38 Å². The predicted octanol–water partition coefficient (Wildman–Crippen LogP) is 3.01. The third-order valence-corrected chi connectivity index (χ3v) is 8.77. The third-order valence-electron chi connectivity index (χ3n) is 7.63. The fourth-order valence-corrected chi connectivity index (χ4v) is 8.19. The van der Waals surface area contributed by atoms with Crippen molar-refractivity contribution in [2.45, 2.75) is 76.4 Å². The molecule has 0 spiro atoms. The fourth-order valence-electron chi connectivity index (χ4n) is 6.96.